The quantitative estimate of drug-likeness (QED) is 0.418. The highest BCUT2D eigenvalue weighted by molar-refractivity contribution is 9.10. The number of amides is 1. The third-order valence-electron chi connectivity index (χ3n) is 3.55. The second kappa shape index (κ2) is 8.84. The van der Waals surface area contributed by atoms with E-state index in [0.29, 0.717) is 22.0 Å². The van der Waals surface area contributed by atoms with Crippen molar-refractivity contribution in [3.05, 3.63) is 88.9 Å². The second-order valence-electron chi connectivity index (χ2n) is 5.45. The van der Waals surface area contributed by atoms with Gasteiger partial charge in [-0.2, -0.15) is 5.10 Å². The molecule has 0 unspecified atom stereocenters. The van der Waals surface area contributed by atoms with Crippen molar-refractivity contribution in [3.63, 3.8) is 0 Å². The number of nitrogens with zero attached hydrogens (tertiary/aromatic N) is 2. The van der Waals surface area contributed by atoms with Crippen LogP contribution in [0.2, 0.25) is 10.2 Å². The standard InChI is InChI=1S/C18H12BrCl2N3O2S/c19-13-6-4-11(5-7-13)10-24-16(21)15(27-18(24)26)9-22-23-17(25)12-2-1-3-14(20)8-12/h1-9H,10H2,(H,23,25). The van der Waals surface area contributed by atoms with Crippen LogP contribution in [-0.4, -0.2) is 16.7 Å². The summed E-state index contributed by atoms with van der Waals surface area (Å²) in [4.78, 5) is 24.5. The number of hydrogen-bond donors (Lipinski definition) is 1. The monoisotopic (exact) mass is 483 g/mol. The first-order valence-electron chi connectivity index (χ1n) is 7.66. The van der Waals surface area contributed by atoms with Crippen molar-refractivity contribution in [3.8, 4) is 0 Å². The molecule has 5 nitrogen and oxygen atoms in total. The third-order valence-corrected chi connectivity index (χ3v) is 5.74. The zero-order chi connectivity index (χ0) is 19.4. The van der Waals surface area contributed by atoms with E-state index in [-0.39, 0.29) is 10.0 Å². The normalized spacial score (nSPS) is 11.1. The van der Waals surface area contributed by atoms with Gasteiger partial charge in [-0.1, -0.05) is 68.7 Å². The van der Waals surface area contributed by atoms with Gasteiger partial charge < -0.3 is 0 Å². The Kier molecular flexibility index (Phi) is 6.49. The van der Waals surface area contributed by atoms with Gasteiger partial charge in [0, 0.05) is 15.1 Å². The topological polar surface area (TPSA) is 63.5 Å². The fourth-order valence-electron chi connectivity index (χ4n) is 2.23. The molecule has 1 aromatic heterocycles. The molecule has 0 atom stereocenters. The summed E-state index contributed by atoms with van der Waals surface area (Å²) in [6.45, 7) is 0.351. The molecule has 1 amide bonds. The van der Waals surface area contributed by atoms with E-state index in [9.17, 15) is 9.59 Å². The maximum Gasteiger partial charge on any atom is 0.309 e. The largest absolute Gasteiger partial charge is 0.309 e. The predicted molar refractivity (Wildman–Crippen MR) is 113 cm³/mol. The van der Waals surface area contributed by atoms with Crippen molar-refractivity contribution < 1.29 is 4.79 Å². The molecular weight excluding hydrogens is 473 g/mol. The van der Waals surface area contributed by atoms with Crippen molar-refractivity contribution >= 4 is 62.6 Å². The summed E-state index contributed by atoms with van der Waals surface area (Å²) in [5, 5.41) is 4.61. The zero-order valence-electron chi connectivity index (χ0n) is 13.7. The summed E-state index contributed by atoms with van der Waals surface area (Å²) in [6, 6.07) is 14.1. The van der Waals surface area contributed by atoms with Gasteiger partial charge in [0.05, 0.1) is 17.6 Å². The minimum Gasteiger partial charge on any atom is -0.284 e. The van der Waals surface area contributed by atoms with Gasteiger partial charge in [0.15, 0.2) is 0 Å². The summed E-state index contributed by atoms with van der Waals surface area (Å²) >= 11 is 16.5. The highest BCUT2D eigenvalue weighted by Gasteiger charge is 2.12. The van der Waals surface area contributed by atoms with Crippen LogP contribution in [-0.2, 0) is 6.54 Å². The molecule has 0 aliphatic heterocycles. The van der Waals surface area contributed by atoms with Crippen LogP contribution in [0.1, 0.15) is 20.8 Å². The molecule has 0 radical (unpaired) electrons. The van der Waals surface area contributed by atoms with Gasteiger partial charge >= 0.3 is 4.87 Å². The van der Waals surface area contributed by atoms with E-state index in [0.717, 1.165) is 21.4 Å². The Morgan fingerprint density at radius 3 is 2.67 bits per heavy atom. The van der Waals surface area contributed by atoms with Crippen LogP contribution in [0.15, 0.2) is 62.9 Å². The van der Waals surface area contributed by atoms with Gasteiger partial charge in [-0.05, 0) is 35.9 Å². The van der Waals surface area contributed by atoms with Crippen molar-refractivity contribution in [1.29, 1.82) is 0 Å². The molecule has 138 valence electrons. The van der Waals surface area contributed by atoms with Gasteiger partial charge in [-0.25, -0.2) is 5.43 Å². The van der Waals surface area contributed by atoms with Crippen LogP contribution in [0.3, 0.4) is 0 Å². The van der Waals surface area contributed by atoms with E-state index < -0.39 is 5.91 Å². The fraction of sp³-hybridized carbons (Fsp3) is 0.0556. The van der Waals surface area contributed by atoms with E-state index >= 15 is 0 Å². The number of aromatic nitrogens is 1. The van der Waals surface area contributed by atoms with Crippen LogP contribution in [0, 0.1) is 0 Å². The Morgan fingerprint density at radius 1 is 1.22 bits per heavy atom. The molecule has 0 saturated heterocycles. The van der Waals surface area contributed by atoms with Gasteiger partial charge in [-0.3, -0.25) is 14.2 Å². The number of thiazole rings is 1. The average Bonchev–Trinajstić information content (AvgIpc) is 2.91. The van der Waals surface area contributed by atoms with Crippen LogP contribution >= 0.6 is 50.5 Å². The summed E-state index contributed by atoms with van der Waals surface area (Å²) in [7, 11) is 0. The molecule has 0 spiro atoms. The molecule has 1 heterocycles. The van der Waals surface area contributed by atoms with E-state index in [4.69, 9.17) is 23.2 Å². The van der Waals surface area contributed by atoms with Gasteiger partial charge in [-0.15, -0.1) is 0 Å². The predicted octanol–water partition coefficient (Wildman–Crippen LogP) is 4.79. The summed E-state index contributed by atoms with van der Waals surface area (Å²) in [5.74, 6) is -0.411. The number of rotatable bonds is 5. The number of hydrazone groups is 1. The number of carbonyl (C=O) groups is 1. The Labute approximate surface area is 177 Å². The van der Waals surface area contributed by atoms with Gasteiger partial charge in [0.2, 0.25) is 0 Å². The van der Waals surface area contributed by atoms with Crippen molar-refractivity contribution in [2.75, 3.05) is 0 Å². The minimum absolute atomic E-state index is 0.203. The van der Waals surface area contributed by atoms with Crippen LogP contribution < -0.4 is 10.3 Å². The Bertz CT molecular complexity index is 1060. The number of benzene rings is 2. The molecule has 3 rings (SSSR count). The van der Waals surface area contributed by atoms with Gasteiger partial charge in [0.1, 0.15) is 5.15 Å². The molecule has 0 fully saturated rings. The molecule has 0 bridgehead atoms. The smallest absolute Gasteiger partial charge is 0.284 e. The van der Waals surface area contributed by atoms with Crippen molar-refractivity contribution in [1.82, 2.24) is 9.99 Å². The summed E-state index contributed by atoms with van der Waals surface area (Å²) in [6.07, 6.45) is 1.36. The lowest BCUT2D eigenvalue weighted by molar-refractivity contribution is 0.0955. The molecule has 1 N–H and O–H groups in total. The zero-order valence-corrected chi connectivity index (χ0v) is 17.6. The lowest BCUT2D eigenvalue weighted by atomic mass is 10.2. The third kappa shape index (κ3) is 5.07. The van der Waals surface area contributed by atoms with Crippen LogP contribution in [0.25, 0.3) is 0 Å². The lowest BCUT2D eigenvalue weighted by Gasteiger charge is -2.04. The number of nitrogens with one attached hydrogen (secondary N) is 1. The molecule has 2 aromatic carbocycles. The van der Waals surface area contributed by atoms with E-state index in [1.165, 1.54) is 16.8 Å². The van der Waals surface area contributed by atoms with E-state index in [2.05, 4.69) is 26.5 Å². The molecular formula is C18H12BrCl2N3O2S. The molecule has 3 aromatic rings. The van der Waals surface area contributed by atoms with Crippen molar-refractivity contribution in [2.24, 2.45) is 5.10 Å². The first kappa shape index (κ1) is 19.8. The summed E-state index contributed by atoms with van der Waals surface area (Å²) in [5.41, 5.74) is 3.71. The van der Waals surface area contributed by atoms with Crippen molar-refractivity contribution in [2.45, 2.75) is 6.54 Å². The number of hydrogen-bond acceptors (Lipinski definition) is 4. The summed E-state index contributed by atoms with van der Waals surface area (Å²) < 4.78 is 2.41. The molecule has 0 aliphatic rings. The first-order valence-corrected chi connectivity index (χ1v) is 10.0. The van der Waals surface area contributed by atoms with Gasteiger partial charge in [0.25, 0.3) is 5.91 Å². The number of halogens is 3. The lowest BCUT2D eigenvalue weighted by Crippen LogP contribution is -2.17. The molecule has 0 saturated carbocycles. The minimum atomic E-state index is -0.411. The van der Waals surface area contributed by atoms with Crippen LogP contribution in [0.5, 0.6) is 0 Å². The SMILES string of the molecule is O=C(NN=Cc1sc(=O)n(Cc2ccc(Br)cc2)c1Cl)c1cccc(Cl)c1. The van der Waals surface area contributed by atoms with E-state index in [1.54, 1.807) is 18.2 Å². The first-order chi connectivity index (χ1) is 12.9. The Hall–Kier alpha value is -1.93. The second-order valence-corrected chi connectivity index (χ2v) is 8.15. The highest BCUT2D eigenvalue weighted by atomic mass is 79.9. The molecule has 27 heavy (non-hydrogen) atoms. The average molecular weight is 485 g/mol. The van der Waals surface area contributed by atoms with Crippen LogP contribution in [0.4, 0.5) is 0 Å². The fourth-order valence-corrected chi connectivity index (χ4v) is 3.79. The molecule has 0 aliphatic carbocycles. The molecule has 9 heteroatoms. The van der Waals surface area contributed by atoms with E-state index in [1.807, 2.05) is 24.3 Å². The number of carbonyl (C=O) groups excluding carboxylic acids is 1. The maximum absolute atomic E-state index is 12.2. The maximum atomic E-state index is 12.2. The Morgan fingerprint density at radius 2 is 1.96 bits per heavy atom. The highest BCUT2D eigenvalue weighted by Crippen LogP contribution is 2.19. The Balaban J connectivity index is 1.72.